The third-order valence-electron chi connectivity index (χ3n) is 5.55. The zero-order valence-electron chi connectivity index (χ0n) is 17.7. The van der Waals surface area contributed by atoms with Crippen molar-refractivity contribution in [3.05, 3.63) is 114 Å². The van der Waals surface area contributed by atoms with Crippen molar-refractivity contribution in [1.29, 1.82) is 0 Å². The smallest absolute Gasteiger partial charge is 0.314 e. The van der Waals surface area contributed by atoms with Crippen molar-refractivity contribution in [1.82, 2.24) is 24.8 Å². The summed E-state index contributed by atoms with van der Waals surface area (Å²) in [6.45, 7) is 0. The molecule has 1 atom stereocenters. The van der Waals surface area contributed by atoms with Gasteiger partial charge in [0, 0.05) is 29.9 Å². The molecule has 33 heavy (non-hydrogen) atoms. The van der Waals surface area contributed by atoms with Crippen LogP contribution in [0.5, 0.6) is 0 Å². The molecule has 0 aliphatic heterocycles. The topological polar surface area (TPSA) is 93.3 Å². The zero-order chi connectivity index (χ0) is 22.6. The molecule has 5 rings (SSSR count). The van der Waals surface area contributed by atoms with Crippen LogP contribution in [0, 0.1) is 0 Å². The first kappa shape index (κ1) is 20.5. The number of hydrogen-bond acceptors (Lipinski definition) is 5. The minimum atomic E-state index is -0.982. The van der Waals surface area contributed by atoms with Gasteiger partial charge in [-0.25, -0.2) is 0 Å². The number of carbonyl (C=O) groups is 1. The Kier molecular flexibility index (Phi) is 5.59. The summed E-state index contributed by atoms with van der Waals surface area (Å²) < 4.78 is 1.59. The second-order valence-corrected chi connectivity index (χ2v) is 7.83. The Balaban J connectivity index is 1.65. The Bertz CT molecular complexity index is 1390. The number of pyridine rings is 1. The van der Waals surface area contributed by atoms with Gasteiger partial charge in [-0.15, -0.1) is 10.2 Å². The normalized spacial score (nSPS) is 12.0. The third kappa shape index (κ3) is 4.34. The maximum Gasteiger partial charge on any atom is 0.314 e. The number of nitrogens with zero attached hydrogens (tertiary/aromatic N) is 5. The van der Waals surface area contributed by atoms with E-state index in [9.17, 15) is 9.90 Å². The SMILES string of the molecule is O=C(O)C(Cc1cccnc1)c1nnc2c(Cc3ccccc3)cc(-c3ccccc3)nn12. The van der Waals surface area contributed by atoms with Crippen molar-refractivity contribution >= 4 is 11.6 Å². The summed E-state index contributed by atoms with van der Waals surface area (Å²) in [5.74, 6) is -1.59. The van der Waals surface area contributed by atoms with Crippen LogP contribution in [-0.4, -0.2) is 35.9 Å². The molecule has 7 heteroatoms. The Morgan fingerprint density at radius 1 is 0.909 bits per heavy atom. The Labute approximate surface area is 190 Å². The fourth-order valence-corrected chi connectivity index (χ4v) is 3.91. The van der Waals surface area contributed by atoms with Crippen LogP contribution in [0.2, 0.25) is 0 Å². The van der Waals surface area contributed by atoms with E-state index in [1.165, 1.54) is 0 Å². The first-order valence-corrected chi connectivity index (χ1v) is 10.7. The number of rotatable bonds is 7. The first-order chi connectivity index (χ1) is 16.2. The number of fused-ring (bicyclic) bond motifs is 1. The van der Waals surface area contributed by atoms with Gasteiger partial charge >= 0.3 is 5.97 Å². The quantitative estimate of drug-likeness (QED) is 0.412. The molecule has 2 aromatic carbocycles. The van der Waals surface area contributed by atoms with E-state index < -0.39 is 11.9 Å². The lowest BCUT2D eigenvalue weighted by molar-refractivity contribution is -0.139. The van der Waals surface area contributed by atoms with Gasteiger partial charge in [-0.2, -0.15) is 9.61 Å². The molecule has 162 valence electrons. The average Bonchev–Trinajstić information content (AvgIpc) is 3.28. The second-order valence-electron chi connectivity index (χ2n) is 7.83. The summed E-state index contributed by atoms with van der Waals surface area (Å²) in [6, 6.07) is 25.5. The zero-order valence-corrected chi connectivity index (χ0v) is 17.7. The molecule has 0 radical (unpaired) electrons. The highest BCUT2D eigenvalue weighted by atomic mass is 16.4. The molecule has 5 aromatic rings. The van der Waals surface area contributed by atoms with Gasteiger partial charge in [0.05, 0.1) is 5.69 Å². The minimum Gasteiger partial charge on any atom is -0.481 e. The van der Waals surface area contributed by atoms with E-state index in [0.717, 1.165) is 27.9 Å². The Hall–Kier alpha value is -4.39. The number of aliphatic carboxylic acids is 1. The van der Waals surface area contributed by atoms with Gasteiger partial charge in [-0.3, -0.25) is 9.78 Å². The summed E-state index contributed by atoms with van der Waals surface area (Å²) in [5, 5.41) is 23.5. The second kappa shape index (κ2) is 9.00. The fraction of sp³-hybridized carbons (Fsp3) is 0.115. The van der Waals surface area contributed by atoms with Crippen LogP contribution in [0.3, 0.4) is 0 Å². The molecule has 1 N–H and O–H groups in total. The summed E-state index contributed by atoms with van der Waals surface area (Å²) in [6.07, 6.45) is 4.21. The van der Waals surface area contributed by atoms with Crippen molar-refractivity contribution in [2.45, 2.75) is 18.8 Å². The first-order valence-electron chi connectivity index (χ1n) is 10.7. The molecule has 0 spiro atoms. The predicted octanol–water partition coefficient (Wildman–Crippen LogP) is 4.19. The lowest BCUT2D eigenvalue weighted by Gasteiger charge is -2.12. The number of hydrogen-bond donors (Lipinski definition) is 1. The summed E-state index contributed by atoms with van der Waals surface area (Å²) in [4.78, 5) is 16.4. The average molecular weight is 435 g/mol. The molecular formula is C26H21N5O2. The lowest BCUT2D eigenvalue weighted by atomic mass is 10.00. The standard InChI is InChI=1S/C26H21N5O2/c32-26(33)22(15-19-10-7-13-27-17-19)25-29-28-24-21(14-18-8-3-1-4-9-18)16-23(30-31(24)25)20-11-5-2-6-12-20/h1-13,16-17,22H,14-15H2,(H,32,33). The van der Waals surface area contributed by atoms with Crippen LogP contribution in [0.1, 0.15) is 28.4 Å². The van der Waals surface area contributed by atoms with Crippen LogP contribution in [-0.2, 0) is 17.6 Å². The summed E-state index contributed by atoms with van der Waals surface area (Å²) >= 11 is 0. The maximum atomic E-state index is 12.2. The molecular weight excluding hydrogens is 414 g/mol. The van der Waals surface area contributed by atoms with Crippen LogP contribution >= 0.6 is 0 Å². The van der Waals surface area contributed by atoms with Crippen LogP contribution in [0.15, 0.2) is 91.3 Å². The van der Waals surface area contributed by atoms with Gasteiger partial charge in [0.15, 0.2) is 11.5 Å². The molecule has 0 fully saturated rings. The number of carboxylic acid groups (broad SMARTS) is 1. The summed E-state index contributed by atoms with van der Waals surface area (Å²) in [5.41, 5.74) is 5.10. The Morgan fingerprint density at radius 2 is 1.64 bits per heavy atom. The highest BCUT2D eigenvalue weighted by Gasteiger charge is 2.28. The van der Waals surface area contributed by atoms with E-state index in [0.29, 0.717) is 17.9 Å². The number of benzene rings is 2. The minimum absolute atomic E-state index is 0.245. The molecule has 7 nitrogen and oxygen atoms in total. The molecule has 0 bridgehead atoms. The Morgan fingerprint density at radius 3 is 2.33 bits per heavy atom. The van der Waals surface area contributed by atoms with E-state index in [1.807, 2.05) is 60.7 Å². The van der Waals surface area contributed by atoms with Crippen LogP contribution in [0.4, 0.5) is 0 Å². The number of carboxylic acids is 1. The molecule has 0 aliphatic rings. The van der Waals surface area contributed by atoms with E-state index in [4.69, 9.17) is 5.10 Å². The van der Waals surface area contributed by atoms with Gasteiger partial charge in [-0.05, 0) is 29.7 Å². The lowest BCUT2D eigenvalue weighted by Crippen LogP contribution is -2.19. The van der Waals surface area contributed by atoms with E-state index >= 15 is 0 Å². The molecule has 0 saturated carbocycles. The molecule has 3 aromatic heterocycles. The largest absolute Gasteiger partial charge is 0.481 e. The molecule has 0 saturated heterocycles. The van der Waals surface area contributed by atoms with E-state index in [2.05, 4.69) is 27.3 Å². The van der Waals surface area contributed by atoms with Crippen molar-refractivity contribution in [3.8, 4) is 11.3 Å². The van der Waals surface area contributed by atoms with E-state index in [1.54, 1.807) is 23.0 Å². The molecule has 0 aliphatic carbocycles. The predicted molar refractivity (Wildman–Crippen MR) is 124 cm³/mol. The third-order valence-corrected chi connectivity index (χ3v) is 5.55. The van der Waals surface area contributed by atoms with E-state index in [-0.39, 0.29) is 6.42 Å². The molecule has 1 unspecified atom stereocenters. The maximum absolute atomic E-state index is 12.2. The van der Waals surface area contributed by atoms with Gasteiger partial charge < -0.3 is 5.11 Å². The number of aromatic nitrogens is 5. The highest BCUT2D eigenvalue weighted by Crippen LogP contribution is 2.26. The van der Waals surface area contributed by atoms with Crippen molar-refractivity contribution < 1.29 is 9.90 Å². The van der Waals surface area contributed by atoms with Gasteiger partial charge in [-0.1, -0.05) is 66.7 Å². The summed E-state index contributed by atoms with van der Waals surface area (Å²) in [7, 11) is 0. The van der Waals surface area contributed by atoms with Crippen molar-refractivity contribution in [2.75, 3.05) is 0 Å². The van der Waals surface area contributed by atoms with Gasteiger partial charge in [0.1, 0.15) is 5.92 Å². The van der Waals surface area contributed by atoms with Crippen molar-refractivity contribution in [3.63, 3.8) is 0 Å². The molecule has 0 amide bonds. The van der Waals surface area contributed by atoms with Gasteiger partial charge in [0.25, 0.3) is 0 Å². The highest BCUT2D eigenvalue weighted by molar-refractivity contribution is 5.76. The van der Waals surface area contributed by atoms with Crippen LogP contribution < -0.4 is 0 Å². The molecule has 3 heterocycles. The monoisotopic (exact) mass is 435 g/mol. The fourth-order valence-electron chi connectivity index (χ4n) is 3.91. The van der Waals surface area contributed by atoms with Crippen LogP contribution in [0.25, 0.3) is 16.9 Å². The van der Waals surface area contributed by atoms with Crippen molar-refractivity contribution in [2.24, 2.45) is 0 Å². The van der Waals surface area contributed by atoms with Gasteiger partial charge in [0.2, 0.25) is 0 Å².